The summed E-state index contributed by atoms with van der Waals surface area (Å²) >= 11 is 0. The molecule has 130 valence electrons. The predicted octanol–water partition coefficient (Wildman–Crippen LogP) is 1.78. The zero-order chi connectivity index (χ0) is 14.9. The van der Waals surface area contributed by atoms with E-state index in [4.69, 9.17) is 5.73 Å². The van der Waals surface area contributed by atoms with Crippen molar-refractivity contribution in [3.63, 3.8) is 0 Å². The van der Waals surface area contributed by atoms with Gasteiger partial charge in [0.1, 0.15) is 0 Å². The van der Waals surface area contributed by atoms with Crippen molar-refractivity contribution >= 4 is 36.5 Å². The van der Waals surface area contributed by atoms with Crippen LogP contribution in [0.5, 0.6) is 0 Å². The standard InChI is InChI=1S/C15H23N5O.2ClH/c1-15(10-16,11-4-5-11)17-14(21)12-6-7-13(19-18-12)20-8-2-3-9-20;;/h6-7,11H,2-5,8-10,16H2,1H3,(H,17,21);2*1H. The summed E-state index contributed by atoms with van der Waals surface area (Å²) in [6.45, 7) is 4.50. The second kappa shape index (κ2) is 8.13. The normalized spacial score (nSPS) is 19.3. The van der Waals surface area contributed by atoms with Gasteiger partial charge in [-0.15, -0.1) is 35.0 Å². The first-order chi connectivity index (χ1) is 10.1. The number of hydrogen-bond acceptors (Lipinski definition) is 5. The fraction of sp³-hybridized carbons (Fsp3) is 0.667. The molecule has 2 fully saturated rings. The number of anilines is 1. The smallest absolute Gasteiger partial charge is 0.272 e. The molecule has 1 atom stereocenters. The van der Waals surface area contributed by atoms with Crippen LogP contribution in [-0.4, -0.2) is 41.3 Å². The van der Waals surface area contributed by atoms with E-state index in [1.54, 1.807) is 6.07 Å². The number of nitrogens with two attached hydrogens (primary N) is 1. The minimum Gasteiger partial charge on any atom is -0.355 e. The average molecular weight is 362 g/mol. The van der Waals surface area contributed by atoms with Crippen molar-refractivity contribution in [3.8, 4) is 0 Å². The molecule has 1 amide bonds. The second-order valence-electron chi connectivity index (χ2n) is 6.32. The van der Waals surface area contributed by atoms with Crippen LogP contribution in [0, 0.1) is 5.92 Å². The van der Waals surface area contributed by atoms with Crippen LogP contribution in [0.15, 0.2) is 12.1 Å². The zero-order valence-corrected chi connectivity index (χ0v) is 15.0. The maximum absolute atomic E-state index is 12.3. The molecule has 0 bridgehead atoms. The van der Waals surface area contributed by atoms with Gasteiger partial charge in [-0.05, 0) is 50.7 Å². The summed E-state index contributed by atoms with van der Waals surface area (Å²) in [5, 5.41) is 11.3. The van der Waals surface area contributed by atoms with Crippen LogP contribution in [0.4, 0.5) is 5.82 Å². The fourth-order valence-electron chi connectivity index (χ4n) is 2.92. The Morgan fingerprint density at radius 3 is 2.43 bits per heavy atom. The van der Waals surface area contributed by atoms with Gasteiger partial charge in [0.25, 0.3) is 5.91 Å². The van der Waals surface area contributed by atoms with Crippen molar-refractivity contribution in [3.05, 3.63) is 17.8 Å². The SMILES string of the molecule is CC(CN)(NC(=O)c1ccc(N2CCCC2)nn1)C1CC1.Cl.Cl. The summed E-state index contributed by atoms with van der Waals surface area (Å²) < 4.78 is 0. The lowest BCUT2D eigenvalue weighted by Crippen LogP contribution is -2.53. The first-order valence-electron chi connectivity index (χ1n) is 7.74. The highest BCUT2D eigenvalue weighted by molar-refractivity contribution is 5.92. The highest BCUT2D eigenvalue weighted by Gasteiger charge is 2.41. The van der Waals surface area contributed by atoms with Gasteiger partial charge >= 0.3 is 0 Å². The molecule has 1 saturated heterocycles. The highest BCUT2D eigenvalue weighted by Crippen LogP contribution is 2.39. The molecule has 3 N–H and O–H groups in total. The van der Waals surface area contributed by atoms with Crippen LogP contribution < -0.4 is 16.0 Å². The summed E-state index contributed by atoms with van der Waals surface area (Å²) in [4.78, 5) is 14.5. The Kier molecular flexibility index (Phi) is 7.04. The summed E-state index contributed by atoms with van der Waals surface area (Å²) in [6, 6.07) is 3.63. The Morgan fingerprint density at radius 1 is 1.30 bits per heavy atom. The van der Waals surface area contributed by atoms with E-state index in [1.165, 1.54) is 12.8 Å². The first kappa shape index (κ1) is 19.9. The lowest BCUT2D eigenvalue weighted by atomic mass is 9.96. The van der Waals surface area contributed by atoms with Gasteiger partial charge in [0.15, 0.2) is 11.5 Å². The number of nitrogens with zero attached hydrogens (tertiary/aromatic N) is 3. The van der Waals surface area contributed by atoms with Crippen molar-refractivity contribution in [2.24, 2.45) is 11.7 Å². The maximum atomic E-state index is 12.3. The topological polar surface area (TPSA) is 84.1 Å². The van der Waals surface area contributed by atoms with Gasteiger partial charge in [0, 0.05) is 19.6 Å². The molecule has 1 unspecified atom stereocenters. The summed E-state index contributed by atoms with van der Waals surface area (Å²) in [5.41, 5.74) is 5.86. The molecule has 0 radical (unpaired) electrons. The Bertz CT molecular complexity index is 517. The summed E-state index contributed by atoms with van der Waals surface area (Å²) in [5.74, 6) is 1.16. The minimum atomic E-state index is -0.327. The minimum absolute atomic E-state index is 0. The zero-order valence-electron chi connectivity index (χ0n) is 13.3. The summed E-state index contributed by atoms with van der Waals surface area (Å²) in [6.07, 6.45) is 4.65. The lowest BCUT2D eigenvalue weighted by molar-refractivity contribution is 0.0891. The van der Waals surface area contributed by atoms with E-state index in [0.717, 1.165) is 31.7 Å². The maximum Gasteiger partial charge on any atom is 0.272 e. The Balaban J connectivity index is 0.00000132. The molecule has 2 heterocycles. The van der Waals surface area contributed by atoms with Gasteiger partial charge < -0.3 is 16.0 Å². The van der Waals surface area contributed by atoms with Gasteiger partial charge in [-0.3, -0.25) is 4.79 Å². The van der Waals surface area contributed by atoms with E-state index in [2.05, 4.69) is 20.4 Å². The molecule has 1 aliphatic carbocycles. The number of carbonyl (C=O) groups is 1. The summed E-state index contributed by atoms with van der Waals surface area (Å²) in [7, 11) is 0. The van der Waals surface area contributed by atoms with Gasteiger partial charge in [-0.25, -0.2) is 0 Å². The molecular weight excluding hydrogens is 337 g/mol. The molecule has 1 aromatic heterocycles. The third-order valence-electron chi connectivity index (χ3n) is 4.61. The van der Waals surface area contributed by atoms with Crippen molar-refractivity contribution in [2.75, 3.05) is 24.5 Å². The average Bonchev–Trinajstić information content (AvgIpc) is 3.23. The van der Waals surface area contributed by atoms with Crippen LogP contribution in [0.25, 0.3) is 0 Å². The molecule has 2 aliphatic rings. The van der Waals surface area contributed by atoms with Gasteiger partial charge in [-0.2, -0.15) is 0 Å². The second-order valence-corrected chi connectivity index (χ2v) is 6.32. The third kappa shape index (κ3) is 4.46. The Labute approximate surface area is 149 Å². The largest absolute Gasteiger partial charge is 0.355 e. The third-order valence-corrected chi connectivity index (χ3v) is 4.61. The molecule has 1 saturated carbocycles. The molecular formula is C15H25Cl2N5O. The van der Waals surface area contributed by atoms with E-state index in [0.29, 0.717) is 18.2 Å². The van der Waals surface area contributed by atoms with Gasteiger partial charge in [0.05, 0.1) is 5.54 Å². The molecule has 1 aliphatic heterocycles. The van der Waals surface area contributed by atoms with Crippen LogP contribution in [0.1, 0.15) is 43.1 Å². The van der Waals surface area contributed by atoms with E-state index < -0.39 is 0 Å². The van der Waals surface area contributed by atoms with Crippen LogP contribution in [0.3, 0.4) is 0 Å². The highest BCUT2D eigenvalue weighted by atomic mass is 35.5. The number of rotatable bonds is 5. The van der Waals surface area contributed by atoms with Crippen LogP contribution in [0.2, 0.25) is 0 Å². The molecule has 1 aromatic rings. The van der Waals surface area contributed by atoms with E-state index >= 15 is 0 Å². The molecule has 23 heavy (non-hydrogen) atoms. The van der Waals surface area contributed by atoms with Crippen LogP contribution in [-0.2, 0) is 0 Å². The number of halogens is 2. The van der Waals surface area contributed by atoms with Gasteiger partial charge in [-0.1, -0.05) is 0 Å². The van der Waals surface area contributed by atoms with Crippen LogP contribution >= 0.6 is 24.8 Å². The lowest BCUT2D eigenvalue weighted by Gasteiger charge is -2.29. The molecule has 0 aromatic carbocycles. The molecule has 6 nitrogen and oxygen atoms in total. The number of carbonyl (C=O) groups excluding carboxylic acids is 1. The molecule has 0 spiro atoms. The van der Waals surface area contributed by atoms with E-state index in [1.807, 2.05) is 13.0 Å². The molecule has 3 rings (SSSR count). The Morgan fingerprint density at radius 2 is 1.96 bits per heavy atom. The van der Waals surface area contributed by atoms with E-state index in [9.17, 15) is 4.79 Å². The van der Waals surface area contributed by atoms with Crippen molar-refractivity contribution < 1.29 is 4.79 Å². The fourth-order valence-corrected chi connectivity index (χ4v) is 2.92. The van der Waals surface area contributed by atoms with Crippen molar-refractivity contribution in [1.29, 1.82) is 0 Å². The van der Waals surface area contributed by atoms with Crippen molar-refractivity contribution in [1.82, 2.24) is 15.5 Å². The number of hydrogen-bond donors (Lipinski definition) is 2. The molecule has 8 heteroatoms. The Hall–Kier alpha value is -1.11. The monoisotopic (exact) mass is 361 g/mol. The predicted molar refractivity (Wildman–Crippen MR) is 95.6 cm³/mol. The quantitative estimate of drug-likeness (QED) is 0.834. The number of nitrogens with one attached hydrogen (secondary N) is 1. The first-order valence-corrected chi connectivity index (χ1v) is 7.74. The van der Waals surface area contributed by atoms with Gasteiger partial charge in [0.2, 0.25) is 0 Å². The van der Waals surface area contributed by atoms with E-state index in [-0.39, 0.29) is 36.3 Å². The number of amides is 1. The van der Waals surface area contributed by atoms with Crippen molar-refractivity contribution in [2.45, 2.75) is 38.1 Å². The number of aromatic nitrogens is 2.